The van der Waals surface area contributed by atoms with Gasteiger partial charge in [-0.1, -0.05) is 6.92 Å². The largest absolute Gasteiger partial charge is 0.455 e. The molecular formula is C14H24ClN3O4S. The number of carbonyl (C=O) groups is 1. The second kappa shape index (κ2) is 7.65. The van der Waals surface area contributed by atoms with E-state index in [0.29, 0.717) is 5.92 Å². The summed E-state index contributed by atoms with van der Waals surface area (Å²) in [5.41, 5.74) is 0. The highest BCUT2D eigenvalue weighted by atomic mass is 35.5. The smallest absolute Gasteiger partial charge is 0.287 e. The summed E-state index contributed by atoms with van der Waals surface area (Å²) >= 11 is 0. The summed E-state index contributed by atoms with van der Waals surface area (Å²) in [6, 6.07) is 1.36. The Hall–Kier alpha value is -1.09. The predicted octanol–water partition coefficient (Wildman–Crippen LogP) is 0.988. The van der Waals surface area contributed by atoms with Crippen LogP contribution in [0.25, 0.3) is 0 Å². The van der Waals surface area contributed by atoms with Crippen molar-refractivity contribution in [3.63, 3.8) is 0 Å². The number of nitrogens with one attached hydrogen (secondary N) is 2. The number of rotatable bonds is 4. The summed E-state index contributed by atoms with van der Waals surface area (Å²) < 4.78 is 30.8. The molecule has 132 valence electrons. The number of hydrogen-bond donors (Lipinski definition) is 2. The summed E-state index contributed by atoms with van der Waals surface area (Å²) in [7, 11) is -0.729. The number of amides is 1. The molecule has 0 saturated carbocycles. The van der Waals surface area contributed by atoms with Gasteiger partial charge in [-0.2, -0.15) is 0 Å². The Morgan fingerprint density at radius 3 is 2.65 bits per heavy atom. The van der Waals surface area contributed by atoms with Crippen molar-refractivity contribution in [1.82, 2.24) is 14.9 Å². The van der Waals surface area contributed by atoms with Crippen LogP contribution in [-0.2, 0) is 10.0 Å². The Bertz CT molecular complexity index is 657. The van der Waals surface area contributed by atoms with Crippen molar-refractivity contribution in [3.05, 3.63) is 17.6 Å². The van der Waals surface area contributed by atoms with Gasteiger partial charge in [0, 0.05) is 26.2 Å². The van der Waals surface area contributed by atoms with E-state index in [2.05, 4.69) is 17.6 Å². The van der Waals surface area contributed by atoms with Crippen LogP contribution in [0.2, 0.25) is 0 Å². The molecule has 1 aliphatic heterocycles. The standard InChI is InChI=1S/C14H23N3O4S.ClH/c1-9-8-15-6-5-11(9)16-14(18)12-7-13(10(2)21-12)22(19,20)17(3)4;/h7,9,11,15H,5-6,8H2,1-4H3,(H,16,18);1H. The molecule has 2 rings (SSSR count). The molecular weight excluding hydrogens is 342 g/mol. The first-order valence-corrected chi connectivity index (χ1v) is 8.72. The molecule has 23 heavy (non-hydrogen) atoms. The van der Waals surface area contributed by atoms with Crippen LogP contribution in [0.4, 0.5) is 0 Å². The Morgan fingerprint density at radius 1 is 1.43 bits per heavy atom. The average molecular weight is 366 g/mol. The molecule has 2 heterocycles. The molecule has 0 aliphatic carbocycles. The number of carbonyl (C=O) groups excluding carboxylic acids is 1. The molecule has 7 nitrogen and oxygen atoms in total. The highest BCUT2D eigenvalue weighted by molar-refractivity contribution is 7.89. The lowest BCUT2D eigenvalue weighted by molar-refractivity contribution is 0.0884. The van der Waals surface area contributed by atoms with Gasteiger partial charge in [0.1, 0.15) is 10.7 Å². The van der Waals surface area contributed by atoms with Gasteiger partial charge in [0.25, 0.3) is 5.91 Å². The van der Waals surface area contributed by atoms with Gasteiger partial charge in [-0.25, -0.2) is 12.7 Å². The van der Waals surface area contributed by atoms with Gasteiger partial charge in [-0.3, -0.25) is 4.79 Å². The van der Waals surface area contributed by atoms with E-state index in [9.17, 15) is 13.2 Å². The summed E-state index contributed by atoms with van der Waals surface area (Å²) in [5, 5.41) is 6.19. The van der Waals surface area contributed by atoms with Gasteiger partial charge >= 0.3 is 0 Å². The highest BCUT2D eigenvalue weighted by Crippen LogP contribution is 2.22. The minimum absolute atomic E-state index is 0. The number of nitrogens with zero attached hydrogens (tertiary/aromatic N) is 1. The van der Waals surface area contributed by atoms with E-state index in [1.54, 1.807) is 6.92 Å². The van der Waals surface area contributed by atoms with E-state index >= 15 is 0 Å². The molecule has 0 aromatic carbocycles. The van der Waals surface area contributed by atoms with Crippen LogP contribution < -0.4 is 10.6 Å². The Labute approximate surface area is 143 Å². The molecule has 1 aromatic rings. The lowest BCUT2D eigenvalue weighted by Crippen LogP contribution is -2.48. The number of aryl methyl sites for hydroxylation is 1. The first kappa shape index (κ1) is 20.0. The van der Waals surface area contributed by atoms with Gasteiger partial charge in [-0.05, 0) is 32.4 Å². The van der Waals surface area contributed by atoms with E-state index in [1.807, 2.05) is 0 Å². The molecule has 1 fully saturated rings. The highest BCUT2D eigenvalue weighted by Gasteiger charge is 2.28. The maximum absolute atomic E-state index is 12.3. The van der Waals surface area contributed by atoms with Crippen LogP contribution in [0.3, 0.4) is 0 Å². The summed E-state index contributed by atoms with van der Waals surface area (Å²) in [6.07, 6.45) is 0.843. The van der Waals surface area contributed by atoms with E-state index in [4.69, 9.17) is 4.42 Å². The third-order valence-electron chi connectivity index (χ3n) is 3.96. The number of furan rings is 1. The third kappa shape index (κ3) is 4.26. The number of halogens is 1. The summed E-state index contributed by atoms with van der Waals surface area (Å²) in [4.78, 5) is 12.3. The predicted molar refractivity (Wildman–Crippen MR) is 89.5 cm³/mol. The molecule has 0 radical (unpaired) electrons. The van der Waals surface area contributed by atoms with Crippen molar-refractivity contribution in [2.45, 2.75) is 31.2 Å². The van der Waals surface area contributed by atoms with Crippen molar-refractivity contribution in [2.24, 2.45) is 5.92 Å². The van der Waals surface area contributed by atoms with Gasteiger partial charge in [0.15, 0.2) is 5.76 Å². The van der Waals surface area contributed by atoms with Crippen molar-refractivity contribution in [2.75, 3.05) is 27.2 Å². The average Bonchev–Trinajstić information content (AvgIpc) is 2.84. The molecule has 2 unspecified atom stereocenters. The molecule has 9 heteroatoms. The van der Waals surface area contributed by atoms with Crippen LogP contribution in [0.15, 0.2) is 15.4 Å². The first-order valence-electron chi connectivity index (χ1n) is 7.28. The number of hydrogen-bond acceptors (Lipinski definition) is 5. The van der Waals surface area contributed by atoms with Gasteiger partial charge in [-0.15, -0.1) is 12.4 Å². The molecule has 2 N–H and O–H groups in total. The fraction of sp³-hybridized carbons (Fsp3) is 0.643. The van der Waals surface area contributed by atoms with Crippen LogP contribution in [0.1, 0.15) is 29.7 Å². The molecule has 0 spiro atoms. The van der Waals surface area contributed by atoms with Crippen LogP contribution in [0.5, 0.6) is 0 Å². The molecule has 1 aromatic heterocycles. The fourth-order valence-electron chi connectivity index (χ4n) is 2.50. The van der Waals surface area contributed by atoms with Crippen molar-refractivity contribution >= 4 is 28.3 Å². The molecule has 0 bridgehead atoms. The zero-order valence-corrected chi connectivity index (χ0v) is 15.4. The Kier molecular flexibility index (Phi) is 6.64. The Balaban J connectivity index is 0.00000264. The number of piperidine rings is 1. The van der Waals surface area contributed by atoms with Crippen molar-refractivity contribution in [1.29, 1.82) is 0 Å². The van der Waals surface area contributed by atoms with Gasteiger partial charge in [0.2, 0.25) is 10.0 Å². The minimum atomic E-state index is -3.61. The zero-order chi connectivity index (χ0) is 16.5. The molecule has 1 aliphatic rings. The minimum Gasteiger partial charge on any atom is -0.455 e. The maximum Gasteiger partial charge on any atom is 0.287 e. The van der Waals surface area contributed by atoms with Gasteiger partial charge < -0.3 is 15.1 Å². The van der Waals surface area contributed by atoms with E-state index in [-0.39, 0.29) is 40.8 Å². The zero-order valence-electron chi connectivity index (χ0n) is 13.8. The van der Waals surface area contributed by atoms with Crippen molar-refractivity contribution < 1.29 is 17.6 Å². The summed E-state index contributed by atoms with van der Waals surface area (Å²) in [6.45, 7) is 5.31. The normalized spacial score (nSPS) is 21.8. The van der Waals surface area contributed by atoms with Gasteiger partial charge in [0.05, 0.1) is 0 Å². The molecule has 1 amide bonds. The summed E-state index contributed by atoms with van der Waals surface area (Å²) in [5.74, 6) is 0.196. The van der Waals surface area contributed by atoms with Crippen LogP contribution in [0, 0.1) is 12.8 Å². The Morgan fingerprint density at radius 2 is 2.09 bits per heavy atom. The monoisotopic (exact) mass is 365 g/mol. The fourth-order valence-corrected chi connectivity index (χ4v) is 3.55. The molecule has 2 atom stereocenters. The lowest BCUT2D eigenvalue weighted by Gasteiger charge is -2.29. The lowest BCUT2D eigenvalue weighted by atomic mass is 9.95. The van der Waals surface area contributed by atoms with Crippen LogP contribution >= 0.6 is 12.4 Å². The van der Waals surface area contributed by atoms with Crippen molar-refractivity contribution in [3.8, 4) is 0 Å². The first-order chi connectivity index (χ1) is 10.2. The quantitative estimate of drug-likeness (QED) is 0.830. The van der Waals surface area contributed by atoms with E-state index in [0.717, 1.165) is 23.8 Å². The second-order valence-electron chi connectivity index (χ2n) is 5.87. The SMILES string of the molecule is Cc1oc(C(=O)NC2CCNCC2C)cc1S(=O)(=O)N(C)C.Cl. The number of sulfonamides is 1. The maximum atomic E-state index is 12.3. The topological polar surface area (TPSA) is 91.6 Å². The van der Waals surface area contributed by atoms with E-state index in [1.165, 1.54) is 20.2 Å². The van der Waals surface area contributed by atoms with E-state index < -0.39 is 10.0 Å². The van der Waals surface area contributed by atoms with Crippen LogP contribution in [-0.4, -0.2) is 51.9 Å². The molecule has 1 saturated heterocycles. The third-order valence-corrected chi connectivity index (χ3v) is 5.88. The second-order valence-corrected chi connectivity index (χ2v) is 7.99.